The minimum atomic E-state index is 0.0352. The molecule has 2 aromatic heterocycles. The van der Waals surface area contributed by atoms with Crippen LogP contribution in [0.25, 0.3) is 22.3 Å². The lowest BCUT2D eigenvalue weighted by molar-refractivity contribution is -0.138. The van der Waals surface area contributed by atoms with Gasteiger partial charge in [0.05, 0.1) is 11.4 Å². The van der Waals surface area contributed by atoms with Crippen molar-refractivity contribution in [2.24, 2.45) is 17.8 Å². The Morgan fingerprint density at radius 2 is 1.79 bits per heavy atom. The summed E-state index contributed by atoms with van der Waals surface area (Å²) in [7, 11) is 0. The van der Waals surface area contributed by atoms with E-state index in [0.29, 0.717) is 35.8 Å². The number of para-hydroxylation sites is 1. The number of piperidine rings is 1. The third-order valence-corrected chi connectivity index (χ3v) is 8.27. The molecule has 3 heterocycles. The van der Waals surface area contributed by atoms with Gasteiger partial charge in [0.15, 0.2) is 5.65 Å². The first-order valence-electron chi connectivity index (χ1n) is 13.4. The molecule has 38 heavy (non-hydrogen) atoms. The van der Waals surface area contributed by atoms with Crippen molar-refractivity contribution in [3.05, 3.63) is 73.1 Å². The van der Waals surface area contributed by atoms with Gasteiger partial charge in [-0.3, -0.25) is 4.79 Å². The van der Waals surface area contributed by atoms with Crippen molar-refractivity contribution in [3.63, 3.8) is 0 Å². The molecular formula is C30H30N6O2. The van der Waals surface area contributed by atoms with Gasteiger partial charge in [-0.2, -0.15) is 5.10 Å². The van der Waals surface area contributed by atoms with Gasteiger partial charge < -0.3 is 15.4 Å². The van der Waals surface area contributed by atoms with Crippen molar-refractivity contribution >= 4 is 22.8 Å². The minimum absolute atomic E-state index is 0.0352. The zero-order valence-electron chi connectivity index (χ0n) is 21.1. The fourth-order valence-corrected chi connectivity index (χ4v) is 6.41. The highest BCUT2D eigenvalue weighted by Gasteiger charge is 2.42. The van der Waals surface area contributed by atoms with Crippen LogP contribution in [0, 0.1) is 17.8 Å². The van der Waals surface area contributed by atoms with E-state index in [1.807, 2.05) is 59.3 Å². The zero-order valence-corrected chi connectivity index (χ0v) is 21.1. The lowest BCUT2D eigenvalue weighted by Crippen LogP contribution is -2.44. The lowest BCUT2D eigenvalue weighted by Gasteiger charge is -2.35. The Hall–Kier alpha value is -4.20. The molecule has 2 N–H and O–H groups in total. The number of allylic oxidation sites excluding steroid dienone is 2. The first-order chi connectivity index (χ1) is 18.6. The fourth-order valence-electron chi connectivity index (χ4n) is 6.41. The van der Waals surface area contributed by atoms with Gasteiger partial charge >= 0.3 is 0 Å². The molecule has 7 rings (SSSR count). The number of aromatic nitrogens is 4. The molecular weight excluding hydrogens is 476 g/mol. The molecule has 2 bridgehead atoms. The number of fused-ring (bicyclic) bond motifs is 3. The van der Waals surface area contributed by atoms with Crippen LogP contribution < -0.4 is 10.5 Å². The summed E-state index contributed by atoms with van der Waals surface area (Å²) < 4.78 is 7.93. The van der Waals surface area contributed by atoms with Crippen molar-refractivity contribution in [2.45, 2.75) is 31.7 Å². The summed E-state index contributed by atoms with van der Waals surface area (Å²) in [6.45, 7) is 1.44. The number of benzene rings is 2. The van der Waals surface area contributed by atoms with E-state index in [-0.39, 0.29) is 12.0 Å². The van der Waals surface area contributed by atoms with Crippen molar-refractivity contribution in [3.8, 4) is 22.8 Å². The molecule has 3 aliphatic rings. The summed E-state index contributed by atoms with van der Waals surface area (Å²) in [6, 6.07) is 17.6. The number of carbonyl (C=O) groups is 1. The number of hydrogen-bond donors (Lipinski definition) is 1. The highest BCUT2D eigenvalue weighted by atomic mass is 16.5. The number of nitrogen functional groups attached to an aromatic ring is 1. The number of carbonyl (C=O) groups excluding carboxylic acids is 1. The molecule has 2 fully saturated rings. The Kier molecular flexibility index (Phi) is 5.60. The minimum Gasteiger partial charge on any atom is -0.457 e. The summed E-state index contributed by atoms with van der Waals surface area (Å²) in [4.78, 5) is 24.4. The van der Waals surface area contributed by atoms with E-state index in [4.69, 9.17) is 15.6 Å². The third kappa shape index (κ3) is 4.00. The summed E-state index contributed by atoms with van der Waals surface area (Å²) in [6.07, 6.45) is 10.0. The molecule has 4 atom stereocenters. The Morgan fingerprint density at radius 3 is 2.55 bits per heavy atom. The smallest absolute Gasteiger partial charge is 0.226 e. The van der Waals surface area contributed by atoms with Crippen LogP contribution in [0.15, 0.2) is 73.1 Å². The third-order valence-electron chi connectivity index (χ3n) is 8.27. The molecule has 192 valence electrons. The number of amides is 1. The van der Waals surface area contributed by atoms with E-state index in [9.17, 15) is 4.79 Å². The Labute approximate surface area is 221 Å². The largest absolute Gasteiger partial charge is 0.457 e. The summed E-state index contributed by atoms with van der Waals surface area (Å²) in [5.41, 5.74) is 8.72. The van der Waals surface area contributed by atoms with Gasteiger partial charge in [0.1, 0.15) is 29.3 Å². The van der Waals surface area contributed by atoms with Crippen LogP contribution in [0.5, 0.6) is 11.5 Å². The molecule has 1 saturated heterocycles. The maximum absolute atomic E-state index is 13.5. The van der Waals surface area contributed by atoms with E-state index in [2.05, 4.69) is 27.0 Å². The number of ether oxygens (including phenoxy) is 1. The van der Waals surface area contributed by atoms with Gasteiger partial charge in [0, 0.05) is 24.6 Å². The molecule has 1 aliphatic heterocycles. The second-order valence-corrected chi connectivity index (χ2v) is 10.7. The molecule has 1 saturated carbocycles. The summed E-state index contributed by atoms with van der Waals surface area (Å²) in [5, 5.41) is 5.77. The van der Waals surface area contributed by atoms with E-state index >= 15 is 0 Å². The number of anilines is 1. The Morgan fingerprint density at radius 1 is 0.974 bits per heavy atom. The molecule has 0 spiro atoms. The maximum atomic E-state index is 13.5. The molecule has 8 nitrogen and oxygen atoms in total. The van der Waals surface area contributed by atoms with Crippen LogP contribution in [-0.4, -0.2) is 43.6 Å². The summed E-state index contributed by atoms with van der Waals surface area (Å²) >= 11 is 0. The number of hydrogen-bond acceptors (Lipinski definition) is 6. The van der Waals surface area contributed by atoms with Gasteiger partial charge in [-0.1, -0.05) is 30.4 Å². The first kappa shape index (κ1) is 23.0. The van der Waals surface area contributed by atoms with E-state index in [1.54, 1.807) is 0 Å². The predicted molar refractivity (Wildman–Crippen MR) is 145 cm³/mol. The van der Waals surface area contributed by atoms with Crippen LogP contribution in [0.1, 0.15) is 31.7 Å². The van der Waals surface area contributed by atoms with Crippen LogP contribution >= 0.6 is 0 Å². The Balaban J connectivity index is 1.18. The molecule has 2 aromatic carbocycles. The maximum Gasteiger partial charge on any atom is 0.226 e. The van der Waals surface area contributed by atoms with Gasteiger partial charge in [0.25, 0.3) is 0 Å². The van der Waals surface area contributed by atoms with E-state index in [1.165, 1.54) is 6.33 Å². The highest BCUT2D eigenvalue weighted by molar-refractivity contribution is 5.98. The van der Waals surface area contributed by atoms with E-state index < -0.39 is 0 Å². The second kappa shape index (κ2) is 9.28. The Bertz CT molecular complexity index is 1510. The lowest BCUT2D eigenvalue weighted by atomic mass is 9.91. The van der Waals surface area contributed by atoms with Crippen molar-refractivity contribution < 1.29 is 9.53 Å². The van der Waals surface area contributed by atoms with Gasteiger partial charge in [0.2, 0.25) is 5.91 Å². The zero-order chi connectivity index (χ0) is 25.6. The highest BCUT2D eigenvalue weighted by Crippen LogP contribution is 2.44. The number of nitrogens with zero attached hydrogens (tertiary/aromatic N) is 5. The predicted octanol–water partition coefficient (Wildman–Crippen LogP) is 5.24. The number of rotatable bonds is 5. The quantitative estimate of drug-likeness (QED) is 0.372. The molecule has 1 amide bonds. The average Bonchev–Trinajstić information content (AvgIpc) is 3.69. The van der Waals surface area contributed by atoms with Crippen LogP contribution in [0.2, 0.25) is 0 Å². The summed E-state index contributed by atoms with van der Waals surface area (Å²) in [5.74, 6) is 3.34. The average molecular weight is 507 g/mol. The van der Waals surface area contributed by atoms with Crippen molar-refractivity contribution in [1.29, 1.82) is 0 Å². The van der Waals surface area contributed by atoms with Gasteiger partial charge in [-0.05, 0) is 73.9 Å². The molecule has 3 unspecified atom stereocenters. The molecule has 0 radical (unpaired) electrons. The monoisotopic (exact) mass is 506 g/mol. The van der Waals surface area contributed by atoms with Crippen molar-refractivity contribution in [2.75, 3.05) is 18.8 Å². The molecule has 8 heteroatoms. The second-order valence-electron chi connectivity index (χ2n) is 10.7. The van der Waals surface area contributed by atoms with Crippen molar-refractivity contribution in [1.82, 2.24) is 24.6 Å². The topological polar surface area (TPSA) is 99.2 Å². The SMILES string of the molecule is Nc1ncnc2c1c(-c1ccc(Oc3ccccc3)cc1)nn2[C@@H]1CCCN(C(=O)C2CC3C=CC2C3)C1. The van der Waals surface area contributed by atoms with Gasteiger partial charge in [-0.25, -0.2) is 14.6 Å². The molecule has 4 aromatic rings. The number of nitrogens with two attached hydrogens (primary N) is 1. The van der Waals surface area contributed by atoms with Crippen LogP contribution in [-0.2, 0) is 4.79 Å². The van der Waals surface area contributed by atoms with E-state index in [0.717, 1.165) is 60.4 Å². The first-order valence-corrected chi connectivity index (χ1v) is 13.4. The van der Waals surface area contributed by atoms with Gasteiger partial charge in [-0.15, -0.1) is 0 Å². The van der Waals surface area contributed by atoms with Crippen LogP contribution in [0.4, 0.5) is 5.82 Å². The molecule has 2 aliphatic carbocycles. The van der Waals surface area contributed by atoms with Crippen LogP contribution in [0.3, 0.4) is 0 Å². The standard InChI is InChI=1S/C30H30N6O2/c31-28-26-27(20-10-12-24(13-11-20)38-23-6-2-1-3-7-23)34-36(29(26)33-18-32-28)22-5-4-14-35(17-22)30(37)25-16-19-8-9-21(25)15-19/h1-3,6-13,18-19,21-22,25H,4-5,14-17H2,(H2,31,32,33)/t19?,21?,22-,25?/m1/s1. The normalized spacial score (nSPS) is 24.3. The fraction of sp³-hybridized carbons (Fsp3) is 0.333. The number of likely N-dealkylation sites (tertiary alicyclic amines) is 1.